The molecular formula is C15H20BrN3O4. The monoisotopic (exact) mass is 385 g/mol. The molecule has 126 valence electrons. The van der Waals surface area contributed by atoms with E-state index in [1.54, 1.807) is 12.1 Å². The molecule has 0 aliphatic rings. The van der Waals surface area contributed by atoms with Gasteiger partial charge < -0.3 is 14.8 Å². The molecule has 0 radical (unpaired) electrons. The van der Waals surface area contributed by atoms with E-state index in [9.17, 15) is 9.59 Å². The standard InChI is InChI=1S/C15H20BrN3O4/c1-9(2)7-17-14(20)15(21)19-18-8-10-5-11(16)13(23-4)12(6-10)22-3/h5-6,8-9H,7H2,1-4H3,(H,17,20)(H,19,21)/b18-8-. The van der Waals surface area contributed by atoms with E-state index in [1.807, 2.05) is 13.8 Å². The van der Waals surface area contributed by atoms with Gasteiger partial charge in [-0.15, -0.1) is 0 Å². The number of nitrogens with one attached hydrogen (secondary N) is 2. The molecule has 0 aliphatic carbocycles. The van der Waals surface area contributed by atoms with Gasteiger partial charge in [-0.2, -0.15) is 5.10 Å². The number of methoxy groups -OCH3 is 2. The Morgan fingerprint density at radius 3 is 2.52 bits per heavy atom. The van der Waals surface area contributed by atoms with Gasteiger partial charge in [0.25, 0.3) is 0 Å². The Labute approximate surface area is 143 Å². The summed E-state index contributed by atoms with van der Waals surface area (Å²) in [6, 6.07) is 3.44. The molecule has 0 atom stereocenters. The lowest BCUT2D eigenvalue weighted by Gasteiger charge is -2.10. The molecule has 0 aliphatic heterocycles. The summed E-state index contributed by atoms with van der Waals surface area (Å²) in [5.74, 6) is -0.198. The maximum Gasteiger partial charge on any atom is 0.329 e. The van der Waals surface area contributed by atoms with Crippen LogP contribution in [0.4, 0.5) is 0 Å². The van der Waals surface area contributed by atoms with Crippen molar-refractivity contribution in [1.29, 1.82) is 0 Å². The fourth-order valence-electron chi connectivity index (χ4n) is 1.61. The Bertz CT molecular complexity index is 603. The van der Waals surface area contributed by atoms with Crippen molar-refractivity contribution in [2.75, 3.05) is 20.8 Å². The molecule has 2 amide bonds. The third-order valence-electron chi connectivity index (χ3n) is 2.71. The molecule has 23 heavy (non-hydrogen) atoms. The molecule has 7 nitrogen and oxygen atoms in total. The highest BCUT2D eigenvalue weighted by atomic mass is 79.9. The van der Waals surface area contributed by atoms with Crippen LogP contribution >= 0.6 is 15.9 Å². The lowest BCUT2D eigenvalue weighted by molar-refractivity contribution is -0.139. The van der Waals surface area contributed by atoms with Crippen molar-refractivity contribution >= 4 is 34.0 Å². The highest BCUT2D eigenvalue weighted by Gasteiger charge is 2.13. The molecule has 0 saturated heterocycles. The van der Waals surface area contributed by atoms with Gasteiger partial charge in [0.15, 0.2) is 11.5 Å². The number of halogens is 1. The van der Waals surface area contributed by atoms with Gasteiger partial charge >= 0.3 is 11.8 Å². The van der Waals surface area contributed by atoms with Crippen molar-refractivity contribution in [2.45, 2.75) is 13.8 Å². The first-order valence-corrected chi connectivity index (χ1v) is 7.71. The van der Waals surface area contributed by atoms with Crippen LogP contribution in [-0.4, -0.2) is 38.8 Å². The molecule has 0 heterocycles. The van der Waals surface area contributed by atoms with Gasteiger partial charge in [-0.05, 0) is 39.5 Å². The Morgan fingerprint density at radius 2 is 1.96 bits per heavy atom. The van der Waals surface area contributed by atoms with Gasteiger partial charge in [-0.3, -0.25) is 9.59 Å². The minimum atomic E-state index is -0.818. The highest BCUT2D eigenvalue weighted by Crippen LogP contribution is 2.35. The van der Waals surface area contributed by atoms with E-state index >= 15 is 0 Å². The van der Waals surface area contributed by atoms with Crippen molar-refractivity contribution in [2.24, 2.45) is 11.0 Å². The van der Waals surface area contributed by atoms with Crippen molar-refractivity contribution in [3.8, 4) is 11.5 Å². The molecule has 2 N–H and O–H groups in total. The smallest absolute Gasteiger partial charge is 0.329 e. The highest BCUT2D eigenvalue weighted by molar-refractivity contribution is 9.10. The van der Waals surface area contributed by atoms with E-state index in [2.05, 4.69) is 31.8 Å². The molecule has 1 rings (SSSR count). The number of amides is 2. The summed E-state index contributed by atoms with van der Waals surface area (Å²) in [5.41, 5.74) is 2.84. The van der Waals surface area contributed by atoms with Crippen LogP contribution in [0.5, 0.6) is 11.5 Å². The third kappa shape index (κ3) is 5.90. The number of carbonyl (C=O) groups is 2. The van der Waals surface area contributed by atoms with Crippen molar-refractivity contribution in [1.82, 2.24) is 10.7 Å². The molecule has 0 fully saturated rings. The van der Waals surface area contributed by atoms with E-state index < -0.39 is 11.8 Å². The topological polar surface area (TPSA) is 89.0 Å². The fraction of sp³-hybridized carbons (Fsp3) is 0.400. The van der Waals surface area contributed by atoms with Crippen molar-refractivity contribution < 1.29 is 19.1 Å². The number of rotatable bonds is 6. The summed E-state index contributed by atoms with van der Waals surface area (Å²) in [7, 11) is 3.05. The van der Waals surface area contributed by atoms with Gasteiger partial charge in [-0.25, -0.2) is 5.43 Å². The number of carbonyl (C=O) groups excluding carboxylic acids is 2. The SMILES string of the molecule is COc1cc(/C=N\NC(=O)C(=O)NCC(C)C)cc(Br)c1OC. The quantitative estimate of drug-likeness (QED) is 0.443. The van der Waals surface area contributed by atoms with Crippen LogP contribution in [0.15, 0.2) is 21.7 Å². The first-order chi connectivity index (χ1) is 10.9. The molecule has 0 bridgehead atoms. The molecule has 1 aromatic carbocycles. The number of benzene rings is 1. The van der Waals surface area contributed by atoms with E-state index in [4.69, 9.17) is 9.47 Å². The third-order valence-corrected chi connectivity index (χ3v) is 3.30. The zero-order valence-electron chi connectivity index (χ0n) is 13.5. The number of hydrazone groups is 1. The maximum atomic E-state index is 11.5. The van der Waals surface area contributed by atoms with Crippen LogP contribution in [0.1, 0.15) is 19.4 Å². The van der Waals surface area contributed by atoms with Gasteiger partial charge in [0.2, 0.25) is 0 Å². The first kappa shape index (κ1) is 19.0. The number of ether oxygens (including phenoxy) is 2. The number of hydrogen-bond donors (Lipinski definition) is 2. The Hall–Kier alpha value is -2.09. The van der Waals surface area contributed by atoms with E-state index in [1.165, 1.54) is 20.4 Å². The maximum absolute atomic E-state index is 11.5. The second kappa shape index (κ2) is 9.14. The first-order valence-electron chi connectivity index (χ1n) is 6.91. The molecule has 0 saturated carbocycles. The predicted molar refractivity (Wildman–Crippen MR) is 90.8 cm³/mol. The van der Waals surface area contributed by atoms with E-state index in [0.29, 0.717) is 28.1 Å². The second-order valence-electron chi connectivity index (χ2n) is 5.04. The summed E-state index contributed by atoms with van der Waals surface area (Å²) in [6.45, 7) is 4.30. The fourth-order valence-corrected chi connectivity index (χ4v) is 2.23. The predicted octanol–water partition coefficient (Wildman–Crippen LogP) is 1.69. The summed E-state index contributed by atoms with van der Waals surface area (Å²) >= 11 is 3.36. The average Bonchev–Trinajstić information content (AvgIpc) is 2.51. The number of hydrogen-bond acceptors (Lipinski definition) is 5. The zero-order chi connectivity index (χ0) is 17.4. The molecule has 8 heteroatoms. The molecule has 0 aromatic heterocycles. The normalized spacial score (nSPS) is 10.7. The number of nitrogens with zero attached hydrogens (tertiary/aromatic N) is 1. The average molecular weight is 386 g/mol. The van der Waals surface area contributed by atoms with E-state index in [0.717, 1.165) is 0 Å². The minimum Gasteiger partial charge on any atom is -0.493 e. The Morgan fingerprint density at radius 1 is 1.26 bits per heavy atom. The minimum absolute atomic E-state index is 0.263. The lowest BCUT2D eigenvalue weighted by Crippen LogP contribution is -2.39. The van der Waals surface area contributed by atoms with E-state index in [-0.39, 0.29) is 5.92 Å². The van der Waals surface area contributed by atoms with Crippen LogP contribution in [0.25, 0.3) is 0 Å². The Balaban J connectivity index is 2.69. The summed E-state index contributed by atoms with van der Waals surface area (Å²) < 4.78 is 11.1. The zero-order valence-corrected chi connectivity index (χ0v) is 15.1. The molecule has 0 unspecified atom stereocenters. The van der Waals surface area contributed by atoms with Crippen molar-refractivity contribution in [3.05, 3.63) is 22.2 Å². The molecule has 1 aromatic rings. The summed E-state index contributed by atoms with van der Waals surface area (Å²) in [4.78, 5) is 23.0. The summed E-state index contributed by atoms with van der Waals surface area (Å²) in [5, 5.41) is 6.26. The second-order valence-corrected chi connectivity index (χ2v) is 5.90. The van der Waals surface area contributed by atoms with Gasteiger partial charge in [0.05, 0.1) is 24.9 Å². The molecule has 0 spiro atoms. The van der Waals surface area contributed by atoms with Gasteiger partial charge in [0.1, 0.15) is 0 Å². The van der Waals surface area contributed by atoms with Gasteiger partial charge in [0, 0.05) is 6.54 Å². The van der Waals surface area contributed by atoms with Gasteiger partial charge in [-0.1, -0.05) is 13.8 Å². The van der Waals surface area contributed by atoms with Crippen LogP contribution in [0.2, 0.25) is 0 Å². The van der Waals surface area contributed by atoms with Crippen LogP contribution in [0.3, 0.4) is 0 Å². The lowest BCUT2D eigenvalue weighted by atomic mass is 10.2. The van der Waals surface area contributed by atoms with Crippen LogP contribution in [0, 0.1) is 5.92 Å². The molecular weight excluding hydrogens is 366 g/mol. The van der Waals surface area contributed by atoms with Crippen molar-refractivity contribution in [3.63, 3.8) is 0 Å². The largest absolute Gasteiger partial charge is 0.493 e. The Kier molecular flexibility index (Phi) is 7.53. The summed E-state index contributed by atoms with van der Waals surface area (Å²) in [6.07, 6.45) is 1.40. The van der Waals surface area contributed by atoms with Crippen LogP contribution < -0.4 is 20.2 Å². The van der Waals surface area contributed by atoms with Crippen LogP contribution in [-0.2, 0) is 9.59 Å².